The van der Waals surface area contributed by atoms with Gasteiger partial charge in [0.25, 0.3) is 0 Å². The smallest absolute Gasteiger partial charge is 0.323 e. The molecule has 0 aromatic carbocycles. The normalized spacial score (nSPS) is 11.7. The van der Waals surface area contributed by atoms with Crippen molar-refractivity contribution in [3.8, 4) is 0 Å². The van der Waals surface area contributed by atoms with Gasteiger partial charge in [0.2, 0.25) is 0 Å². The second kappa shape index (κ2) is 7.95. The van der Waals surface area contributed by atoms with Gasteiger partial charge in [-0.15, -0.1) is 0 Å². The van der Waals surface area contributed by atoms with Gasteiger partial charge in [0.15, 0.2) is 0 Å². The minimum Gasteiger partial charge on any atom is -0.480 e. The lowest BCUT2D eigenvalue weighted by atomic mass is 9.82. The van der Waals surface area contributed by atoms with Gasteiger partial charge in [0.1, 0.15) is 5.54 Å². The SMILES string of the molecule is CC(C)CC(CC(C)C)(NCCN=[N+]=[N-])C(=O)O. The summed E-state index contributed by atoms with van der Waals surface area (Å²) in [5.41, 5.74) is 7.29. The van der Waals surface area contributed by atoms with Crippen LogP contribution in [0.4, 0.5) is 0 Å². The number of rotatable bonds is 9. The summed E-state index contributed by atoms with van der Waals surface area (Å²) in [6.45, 7) is 8.68. The van der Waals surface area contributed by atoms with Crippen LogP contribution in [-0.4, -0.2) is 29.7 Å². The maximum atomic E-state index is 11.6. The van der Waals surface area contributed by atoms with E-state index >= 15 is 0 Å². The number of nitrogens with zero attached hydrogens (tertiary/aromatic N) is 3. The second-order valence-corrected chi connectivity index (χ2v) is 5.46. The fourth-order valence-electron chi connectivity index (χ4n) is 2.26. The molecule has 104 valence electrons. The average molecular weight is 256 g/mol. The molecule has 0 aromatic rings. The maximum Gasteiger partial charge on any atom is 0.323 e. The van der Waals surface area contributed by atoms with Crippen LogP contribution in [0, 0.1) is 11.8 Å². The van der Waals surface area contributed by atoms with E-state index in [1.807, 2.05) is 27.7 Å². The Bertz CT molecular complexity index is 299. The summed E-state index contributed by atoms with van der Waals surface area (Å²) in [5, 5.41) is 16.0. The van der Waals surface area contributed by atoms with E-state index in [0.717, 1.165) is 0 Å². The van der Waals surface area contributed by atoms with Crippen molar-refractivity contribution in [1.82, 2.24) is 5.32 Å². The third kappa shape index (κ3) is 5.89. The summed E-state index contributed by atoms with van der Waals surface area (Å²) in [4.78, 5) is 14.2. The molecule has 6 heteroatoms. The molecule has 6 nitrogen and oxygen atoms in total. The highest BCUT2D eigenvalue weighted by atomic mass is 16.4. The summed E-state index contributed by atoms with van der Waals surface area (Å²) >= 11 is 0. The van der Waals surface area contributed by atoms with Gasteiger partial charge in [-0.3, -0.25) is 4.79 Å². The molecule has 0 saturated heterocycles. The molecule has 0 amide bonds. The Kier molecular flexibility index (Phi) is 7.39. The van der Waals surface area contributed by atoms with Crippen LogP contribution in [0.15, 0.2) is 5.11 Å². The zero-order valence-electron chi connectivity index (χ0n) is 11.7. The Hall–Kier alpha value is -1.26. The Morgan fingerprint density at radius 3 is 2.17 bits per heavy atom. The highest BCUT2D eigenvalue weighted by Crippen LogP contribution is 2.25. The minimum atomic E-state index is -0.923. The van der Waals surface area contributed by atoms with Crippen molar-refractivity contribution >= 4 is 5.97 Å². The highest BCUT2D eigenvalue weighted by molar-refractivity contribution is 5.78. The molecule has 0 heterocycles. The van der Waals surface area contributed by atoms with Crippen molar-refractivity contribution in [2.45, 2.75) is 46.1 Å². The largest absolute Gasteiger partial charge is 0.480 e. The molecule has 0 fully saturated rings. The van der Waals surface area contributed by atoms with Gasteiger partial charge in [-0.1, -0.05) is 32.8 Å². The molecule has 0 radical (unpaired) electrons. The number of nitrogens with one attached hydrogen (secondary N) is 1. The number of carboxylic acid groups (broad SMARTS) is 1. The van der Waals surface area contributed by atoms with Crippen LogP contribution in [-0.2, 0) is 4.79 Å². The van der Waals surface area contributed by atoms with E-state index in [9.17, 15) is 9.90 Å². The molecule has 0 aromatic heterocycles. The molecule has 0 aliphatic heterocycles. The predicted molar refractivity (Wildman–Crippen MR) is 71.3 cm³/mol. The molecule has 0 unspecified atom stereocenters. The number of hydrogen-bond acceptors (Lipinski definition) is 3. The Labute approximate surface area is 108 Å². The lowest BCUT2D eigenvalue weighted by Crippen LogP contribution is -2.54. The molecule has 0 saturated carbocycles. The molecular formula is C12H24N4O2. The first kappa shape index (κ1) is 16.7. The quantitative estimate of drug-likeness (QED) is 0.287. The maximum absolute atomic E-state index is 11.6. The molecule has 0 atom stereocenters. The van der Waals surface area contributed by atoms with E-state index in [1.54, 1.807) is 0 Å². The predicted octanol–water partition coefficient (Wildman–Crippen LogP) is 2.80. The summed E-state index contributed by atoms with van der Waals surface area (Å²) in [5.74, 6) is -0.260. The van der Waals surface area contributed by atoms with Gasteiger partial charge in [-0.05, 0) is 30.2 Å². The zero-order chi connectivity index (χ0) is 14.2. The second-order valence-electron chi connectivity index (χ2n) is 5.46. The van der Waals surface area contributed by atoms with Gasteiger partial charge < -0.3 is 10.4 Å². The van der Waals surface area contributed by atoms with Crippen molar-refractivity contribution in [3.05, 3.63) is 10.4 Å². The topological polar surface area (TPSA) is 98.1 Å². The van der Waals surface area contributed by atoms with E-state index in [0.29, 0.717) is 19.4 Å². The van der Waals surface area contributed by atoms with Crippen molar-refractivity contribution in [2.75, 3.05) is 13.1 Å². The van der Waals surface area contributed by atoms with Crippen LogP contribution in [0.25, 0.3) is 10.4 Å². The van der Waals surface area contributed by atoms with Crippen LogP contribution in [0.1, 0.15) is 40.5 Å². The molecule has 0 bridgehead atoms. The third-order valence-corrected chi connectivity index (χ3v) is 2.66. The highest BCUT2D eigenvalue weighted by Gasteiger charge is 2.38. The fraction of sp³-hybridized carbons (Fsp3) is 0.917. The molecular weight excluding hydrogens is 232 g/mol. The number of hydrogen-bond donors (Lipinski definition) is 2. The van der Waals surface area contributed by atoms with Gasteiger partial charge >= 0.3 is 5.97 Å². The molecule has 0 spiro atoms. The lowest BCUT2D eigenvalue weighted by Gasteiger charge is -2.33. The number of carboxylic acids is 1. The van der Waals surface area contributed by atoms with E-state index in [-0.39, 0.29) is 18.4 Å². The first-order valence-electron chi connectivity index (χ1n) is 6.33. The summed E-state index contributed by atoms with van der Waals surface area (Å²) in [6, 6.07) is 0. The van der Waals surface area contributed by atoms with Gasteiger partial charge in [-0.25, -0.2) is 0 Å². The molecule has 18 heavy (non-hydrogen) atoms. The first-order valence-corrected chi connectivity index (χ1v) is 6.33. The van der Waals surface area contributed by atoms with Crippen LogP contribution >= 0.6 is 0 Å². The Morgan fingerprint density at radius 2 is 1.83 bits per heavy atom. The number of carbonyl (C=O) groups is 1. The van der Waals surface area contributed by atoms with E-state index in [1.165, 1.54) is 0 Å². The molecule has 0 aliphatic rings. The van der Waals surface area contributed by atoms with Crippen molar-refractivity contribution < 1.29 is 9.90 Å². The summed E-state index contributed by atoms with van der Waals surface area (Å²) < 4.78 is 0. The van der Waals surface area contributed by atoms with E-state index < -0.39 is 11.5 Å². The van der Waals surface area contributed by atoms with E-state index in [2.05, 4.69) is 15.3 Å². The van der Waals surface area contributed by atoms with Gasteiger partial charge in [-0.2, -0.15) is 0 Å². The van der Waals surface area contributed by atoms with Crippen LogP contribution in [0.5, 0.6) is 0 Å². The van der Waals surface area contributed by atoms with Crippen molar-refractivity contribution in [2.24, 2.45) is 17.0 Å². The molecule has 2 N–H and O–H groups in total. The average Bonchev–Trinajstić information content (AvgIpc) is 2.22. The zero-order valence-corrected chi connectivity index (χ0v) is 11.7. The first-order chi connectivity index (χ1) is 8.34. The minimum absolute atomic E-state index is 0.266. The molecule has 0 aliphatic carbocycles. The number of aliphatic carboxylic acids is 1. The lowest BCUT2D eigenvalue weighted by molar-refractivity contribution is -0.146. The Balaban J connectivity index is 4.82. The van der Waals surface area contributed by atoms with Crippen LogP contribution in [0.3, 0.4) is 0 Å². The summed E-state index contributed by atoms with van der Waals surface area (Å²) in [6.07, 6.45) is 1.13. The standard InChI is InChI=1S/C12H24N4O2/c1-9(2)7-12(11(17)18,8-10(3)4)14-5-6-15-16-13/h9-10,14H,5-8H2,1-4H3,(H,17,18). The van der Waals surface area contributed by atoms with Gasteiger partial charge in [0.05, 0.1) is 0 Å². The van der Waals surface area contributed by atoms with Crippen molar-refractivity contribution in [1.29, 1.82) is 0 Å². The van der Waals surface area contributed by atoms with Crippen molar-refractivity contribution in [3.63, 3.8) is 0 Å². The number of azide groups is 1. The molecule has 0 rings (SSSR count). The fourth-order valence-corrected chi connectivity index (χ4v) is 2.26. The van der Waals surface area contributed by atoms with Crippen LogP contribution < -0.4 is 5.32 Å². The Morgan fingerprint density at radius 1 is 1.33 bits per heavy atom. The van der Waals surface area contributed by atoms with Gasteiger partial charge in [0, 0.05) is 18.0 Å². The summed E-state index contributed by atoms with van der Waals surface area (Å²) in [7, 11) is 0. The van der Waals surface area contributed by atoms with Crippen LogP contribution in [0.2, 0.25) is 0 Å². The van der Waals surface area contributed by atoms with E-state index in [4.69, 9.17) is 5.53 Å². The third-order valence-electron chi connectivity index (χ3n) is 2.66. The monoisotopic (exact) mass is 256 g/mol.